The third kappa shape index (κ3) is 4.90. The molecule has 4 aromatic rings. The van der Waals surface area contributed by atoms with E-state index >= 15 is 0 Å². The zero-order chi connectivity index (χ0) is 24.3. The highest BCUT2D eigenvalue weighted by Gasteiger charge is 2.20. The van der Waals surface area contributed by atoms with E-state index in [-0.39, 0.29) is 23.9 Å². The van der Waals surface area contributed by atoms with Crippen molar-refractivity contribution in [1.82, 2.24) is 13.9 Å². The van der Waals surface area contributed by atoms with Gasteiger partial charge in [0.15, 0.2) is 0 Å². The van der Waals surface area contributed by atoms with Crippen LogP contribution in [0.25, 0.3) is 22.4 Å². The fraction of sp³-hybridized carbons (Fsp3) is 0.280. The van der Waals surface area contributed by atoms with Gasteiger partial charge >= 0.3 is 5.97 Å². The Morgan fingerprint density at radius 2 is 1.85 bits per heavy atom. The molecule has 0 amide bonds. The smallest absolute Gasteiger partial charge is 0.306 e. The first kappa shape index (κ1) is 23.7. The summed E-state index contributed by atoms with van der Waals surface area (Å²) in [5.74, 6) is 1.68. The van der Waals surface area contributed by atoms with Gasteiger partial charge in [-0.3, -0.25) is 4.79 Å². The van der Waals surface area contributed by atoms with Gasteiger partial charge < -0.3 is 13.7 Å². The number of hydrogen-bond acceptors (Lipinski definition) is 6. The van der Waals surface area contributed by atoms with Gasteiger partial charge in [0.2, 0.25) is 10.0 Å². The quantitative estimate of drug-likeness (QED) is 0.332. The third-order valence-corrected chi connectivity index (χ3v) is 7.36. The molecule has 2 heterocycles. The van der Waals surface area contributed by atoms with Gasteiger partial charge in [-0.25, -0.2) is 17.7 Å². The van der Waals surface area contributed by atoms with Crippen LogP contribution in [0.15, 0.2) is 70.0 Å². The van der Waals surface area contributed by atoms with Crippen molar-refractivity contribution < 1.29 is 22.4 Å². The molecule has 0 fully saturated rings. The molecule has 178 valence electrons. The molecule has 0 aliphatic heterocycles. The second-order valence-corrected chi connectivity index (χ2v) is 10.2. The normalized spacial score (nSPS) is 11.9. The van der Waals surface area contributed by atoms with Crippen molar-refractivity contribution in [2.45, 2.75) is 37.8 Å². The predicted octanol–water partition coefficient (Wildman–Crippen LogP) is 4.24. The summed E-state index contributed by atoms with van der Waals surface area (Å²) in [5, 5.41) is 0. The monoisotopic (exact) mass is 481 g/mol. The van der Waals surface area contributed by atoms with Gasteiger partial charge in [-0.2, -0.15) is 0 Å². The van der Waals surface area contributed by atoms with Crippen LogP contribution < -0.4 is 0 Å². The molecule has 0 radical (unpaired) electrons. The Hall–Kier alpha value is -3.43. The molecule has 8 nitrogen and oxygen atoms in total. The molecule has 2 aromatic carbocycles. The molecule has 2 aromatic heterocycles. The number of furan rings is 1. The minimum absolute atomic E-state index is 0.00450. The summed E-state index contributed by atoms with van der Waals surface area (Å²) < 4.78 is 39.2. The molecular weight excluding hydrogens is 454 g/mol. The summed E-state index contributed by atoms with van der Waals surface area (Å²) in [7, 11) is -0.592. The number of esters is 1. The van der Waals surface area contributed by atoms with E-state index in [1.54, 1.807) is 18.2 Å². The molecule has 0 saturated heterocycles. The molecule has 0 aliphatic carbocycles. The van der Waals surface area contributed by atoms with Crippen LogP contribution in [0.5, 0.6) is 0 Å². The summed E-state index contributed by atoms with van der Waals surface area (Å²) in [4.78, 5) is 17.1. The maximum Gasteiger partial charge on any atom is 0.306 e. The maximum absolute atomic E-state index is 12.4. The average molecular weight is 482 g/mol. The lowest BCUT2D eigenvalue weighted by Gasteiger charge is -2.11. The van der Waals surface area contributed by atoms with Gasteiger partial charge in [-0.1, -0.05) is 30.3 Å². The lowest BCUT2D eigenvalue weighted by molar-refractivity contribution is -0.145. The lowest BCUT2D eigenvalue weighted by Crippen LogP contribution is -2.22. The number of aromatic nitrogens is 2. The molecule has 0 atom stereocenters. The number of imidazole rings is 1. The Morgan fingerprint density at radius 1 is 1.09 bits per heavy atom. The van der Waals surface area contributed by atoms with Gasteiger partial charge in [0.05, 0.1) is 22.3 Å². The number of benzene rings is 2. The van der Waals surface area contributed by atoms with Gasteiger partial charge in [0, 0.05) is 32.6 Å². The number of fused-ring (bicyclic) bond motifs is 1. The van der Waals surface area contributed by atoms with Crippen molar-refractivity contribution >= 4 is 27.0 Å². The molecule has 34 heavy (non-hydrogen) atoms. The Balaban J connectivity index is 1.41. The highest BCUT2D eigenvalue weighted by molar-refractivity contribution is 7.89. The Bertz CT molecular complexity index is 1410. The van der Waals surface area contributed by atoms with Crippen molar-refractivity contribution in [2.24, 2.45) is 0 Å². The molecule has 9 heteroatoms. The Labute approximate surface area is 198 Å². The molecule has 0 N–H and O–H groups in total. The van der Waals surface area contributed by atoms with Gasteiger partial charge in [0.25, 0.3) is 0 Å². The van der Waals surface area contributed by atoms with E-state index in [2.05, 4.69) is 4.98 Å². The van der Waals surface area contributed by atoms with Gasteiger partial charge in [0.1, 0.15) is 24.0 Å². The van der Waals surface area contributed by atoms with Crippen molar-refractivity contribution in [2.75, 3.05) is 14.1 Å². The second-order valence-electron chi connectivity index (χ2n) is 8.00. The van der Waals surface area contributed by atoms with Crippen LogP contribution >= 0.6 is 0 Å². The average Bonchev–Trinajstić information content (AvgIpc) is 3.45. The van der Waals surface area contributed by atoms with Gasteiger partial charge in [-0.05, 0) is 37.3 Å². The summed E-state index contributed by atoms with van der Waals surface area (Å²) in [6.07, 6.45) is 0.612. The fourth-order valence-electron chi connectivity index (χ4n) is 3.71. The number of hydrogen-bond donors (Lipinski definition) is 0. The Morgan fingerprint density at radius 3 is 2.56 bits per heavy atom. The number of nitrogens with zero attached hydrogens (tertiary/aromatic N) is 3. The third-order valence-electron chi connectivity index (χ3n) is 5.55. The van der Waals surface area contributed by atoms with Crippen LogP contribution in [0.4, 0.5) is 0 Å². The van der Waals surface area contributed by atoms with Gasteiger partial charge in [-0.15, -0.1) is 0 Å². The summed E-state index contributed by atoms with van der Waals surface area (Å²) in [5.41, 5.74) is 2.31. The Kier molecular flexibility index (Phi) is 6.85. The topological polar surface area (TPSA) is 94.6 Å². The predicted molar refractivity (Wildman–Crippen MR) is 129 cm³/mol. The molecule has 4 rings (SSSR count). The van der Waals surface area contributed by atoms with Crippen LogP contribution in [0.1, 0.15) is 24.9 Å². The highest BCUT2D eigenvalue weighted by Crippen LogP contribution is 2.24. The number of sulfonamides is 1. The highest BCUT2D eigenvalue weighted by atomic mass is 32.2. The molecule has 0 saturated carbocycles. The van der Waals surface area contributed by atoms with Crippen LogP contribution in [-0.4, -0.2) is 42.3 Å². The van der Waals surface area contributed by atoms with Crippen LogP contribution in [0, 0.1) is 0 Å². The van der Waals surface area contributed by atoms with E-state index in [1.165, 1.54) is 14.1 Å². The van der Waals surface area contributed by atoms with E-state index in [0.29, 0.717) is 30.1 Å². The standard InChI is InChI=1S/C25H27N3O5S/c1-4-28-22-13-12-20(34(30,31)27(2)3)16-21(22)26-24(28)17-32-25(29)15-11-19-10-14-23(33-19)18-8-6-5-7-9-18/h5-10,12-14,16H,4,11,15,17H2,1-3H3. The molecule has 0 aliphatic rings. The molecule has 0 spiro atoms. The lowest BCUT2D eigenvalue weighted by atomic mass is 10.2. The summed E-state index contributed by atoms with van der Waals surface area (Å²) >= 11 is 0. The van der Waals surface area contributed by atoms with E-state index in [1.807, 2.05) is 54.0 Å². The fourth-order valence-corrected chi connectivity index (χ4v) is 4.63. The van der Waals surface area contributed by atoms with E-state index in [9.17, 15) is 13.2 Å². The molecular formula is C25H27N3O5S. The first-order valence-electron chi connectivity index (χ1n) is 11.0. The first-order chi connectivity index (χ1) is 16.3. The number of ether oxygens (including phenoxy) is 1. The van der Waals surface area contributed by atoms with Crippen LogP contribution in [-0.2, 0) is 39.1 Å². The van der Waals surface area contributed by atoms with Crippen molar-refractivity contribution in [1.29, 1.82) is 0 Å². The maximum atomic E-state index is 12.4. The second kappa shape index (κ2) is 9.82. The van der Waals surface area contributed by atoms with Crippen LogP contribution in [0.3, 0.4) is 0 Å². The minimum atomic E-state index is -3.56. The van der Waals surface area contributed by atoms with E-state index in [4.69, 9.17) is 9.15 Å². The first-order valence-corrected chi connectivity index (χ1v) is 12.4. The SMILES string of the molecule is CCn1c(COC(=O)CCc2ccc(-c3ccccc3)o2)nc2cc(S(=O)(=O)N(C)C)ccc21. The van der Waals surface area contributed by atoms with E-state index in [0.717, 1.165) is 21.1 Å². The van der Waals surface area contributed by atoms with Crippen molar-refractivity contribution in [3.05, 3.63) is 72.2 Å². The molecule has 0 unspecified atom stereocenters. The number of aryl methyl sites for hydroxylation is 2. The van der Waals surface area contributed by atoms with Crippen molar-refractivity contribution in [3.63, 3.8) is 0 Å². The largest absolute Gasteiger partial charge is 0.461 e. The van der Waals surface area contributed by atoms with Crippen LogP contribution in [0.2, 0.25) is 0 Å². The summed E-state index contributed by atoms with van der Waals surface area (Å²) in [6.45, 7) is 2.57. The number of rotatable bonds is 9. The van der Waals surface area contributed by atoms with Crippen molar-refractivity contribution in [3.8, 4) is 11.3 Å². The summed E-state index contributed by atoms with van der Waals surface area (Å²) in [6, 6.07) is 18.4. The minimum Gasteiger partial charge on any atom is -0.461 e. The van der Waals surface area contributed by atoms with E-state index < -0.39 is 10.0 Å². The number of carbonyl (C=O) groups excluding carboxylic acids is 1. The molecule has 0 bridgehead atoms. The number of carbonyl (C=O) groups is 1. The zero-order valence-electron chi connectivity index (χ0n) is 19.4. The zero-order valence-corrected chi connectivity index (χ0v) is 20.2.